The molecule has 0 fully saturated rings. The Labute approximate surface area is 83.9 Å². The Hall–Kier alpha value is 0.410. The molecule has 1 N–H and O–H groups in total. The van der Waals surface area contributed by atoms with E-state index < -0.39 is 10.4 Å². The van der Waals surface area contributed by atoms with Crippen LogP contribution < -0.4 is 0 Å². The van der Waals surface area contributed by atoms with Crippen molar-refractivity contribution >= 4 is 31.9 Å². The molecule has 0 rings (SSSR count). The molecule has 0 spiro atoms. The monoisotopic (exact) mass is 283 g/mol. The topological polar surface area (TPSA) is 44.0 Å². The van der Waals surface area contributed by atoms with Gasteiger partial charge in [-0.1, -0.05) is 45.2 Å². The van der Waals surface area contributed by atoms with Crippen molar-refractivity contribution in [3.63, 3.8) is 0 Å². The van der Waals surface area contributed by atoms with Crippen LogP contribution >= 0.6 is 31.9 Å². The Morgan fingerprint density at radius 3 is 2.55 bits per heavy atom. The van der Waals surface area contributed by atoms with Gasteiger partial charge in [0.2, 0.25) is 0 Å². The molecule has 0 radical (unpaired) electrons. The van der Waals surface area contributed by atoms with E-state index in [2.05, 4.69) is 31.9 Å². The first-order chi connectivity index (χ1) is 5.10. The molecule has 64 valence electrons. The number of aliphatic hydroxyl groups excluding tert-OH is 1. The Morgan fingerprint density at radius 1 is 1.73 bits per heavy atom. The summed E-state index contributed by atoms with van der Waals surface area (Å²) in [6, 6.07) is 2.03. The standard InChI is InChI=1S/C7H11Br2NO/c1-2-3-6(11)7(9,4-8)5-10/h6,11H,2-4H2,1H3. The third-order valence-corrected chi connectivity index (χ3v) is 4.09. The van der Waals surface area contributed by atoms with Crippen LogP contribution in [-0.2, 0) is 0 Å². The summed E-state index contributed by atoms with van der Waals surface area (Å²) in [7, 11) is 0. The van der Waals surface area contributed by atoms with Gasteiger partial charge in [0, 0.05) is 5.33 Å². The fraction of sp³-hybridized carbons (Fsp3) is 0.857. The summed E-state index contributed by atoms with van der Waals surface area (Å²) in [5, 5.41) is 18.6. The van der Waals surface area contributed by atoms with Crippen molar-refractivity contribution in [3.05, 3.63) is 0 Å². The number of nitrogens with zero attached hydrogens (tertiary/aromatic N) is 1. The van der Waals surface area contributed by atoms with Crippen LogP contribution in [0.4, 0.5) is 0 Å². The molecule has 0 aliphatic rings. The molecule has 2 unspecified atom stereocenters. The van der Waals surface area contributed by atoms with Crippen molar-refractivity contribution < 1.29 is 5.11 Å². The predicted octanol–water partition coefficient (Wildman–Crippen LogP) is 2.20. The normalized spacial score (nSPS) is 18.5. The van der Waals surface area contributed by atoms with Gasteiger partial charge in [-0.15, -0.1) is 0 Å². The fourth-order valence-electron chi connectivity index (χ4n) is 0.696. The van der Waals surface area contributed by atoms with E-state index in [4.69, 9.17) is 5.26 Å². The summed E-state index contributed by atoms with van der Waals surface area (Å²) in [6.45, 7) is 1.97. The van der Waals surface area contributed by atoms with E-state index in [9.17, 15) is 5.11 Å². The van der Waals surface area contributed by atoms with Gasteiger partial charge in [-0.2, -0.15) is 5.26 Å². The van der Waals surface area contributed by atoms with Gasteiger partial charge in [0.05, 0.1) is 12.2 Å². The van der Waals surface area contributed by atoms with Crippen molar-refractivity contribution in [1.82, 2.24) is 0 Å². The summed E-state index contributed by atoms with van der Waals surface area (Å²) < 4.78 is -0.816. The number of aliphatic hydroxyl groups is 1. The third kappa shape index (κ3) is 3.10. The van der Waals surface area contributed by atoms with Crippen LogP contribution in [0, 0.1) is 11.3 Å². The van der Waals surface area contributed by atoms with Crippen molar-refractivity contribution in [2.75, 3.05) is 5.33 Å². The van der Waals surface area contributed by atoms with Crippen molar-refractivity contribution in [2.24, 2.45) is 0 Å². The van der Waals surface area contributed by atoms with Gasteiger partial charge in [0.15, 0.2) is 0 Å². The van der Waals surface area contributed by atoms with Gasteiger partial charge >= 0.3 is 0 Å². The minimum absolute atomic E-state index is 0.442. The lowest BCUT2D eigenvalue weighted by atomic mass is 10.0. The van der Waals surface area contributed by atoms with Crippen LogP contribution in [0.15, 0.2) is 0 Å². The average molecular weight is 285 g/mol. The van der Waals surface area contributed by atoms with Gasteiger partial charge in [-0.3, -0.25) is 0 Å². The number of rotatable bonds is 4. The highest BCUT2D eigenvalue weighted by Gasteiger charge is 2.33. The van der Waals surface area contributed by atoms with Crippen LogP contribution in [0.2, 0.25) is 0 Å². The molecule has 2 atom stereocenters. The summed E-state index contributed by atoms with van der Waals surface area (Å²) >= 11 is 6.37. The van der Waals surface area contributed by atoms with Crippen molar-refractivity contribution in [3.8, 4) is 6.07 Å². The van der Waals surface area contributed by atoms with Crippen LogP contribution in [0.25, 0.3) is 0 Å². The van der Waals surface area contributed by atoms with Crippen molar-refractivity contribution in [1.29, 1.82) is 5.26 Å². The number of alkyl halides is 2. The SMILES string of the molecule is CCCC(O)C(Br)(C#N)CBr. The van der Waals surface area contributed by atoms with E-state index in [1.807, 2.05) is 13.0 Å². The first-order valence-corrected chi connectivity index (χ1v) is 5.36. The van der Waals surface area contributed by atoms with Crippen molar-refractivity contribution in [2.45, 2.75) is 30.2 Å². The highest BCUT2D eigenvalue weighted by molar-refractivity contribution is 9.12. The largest absolute Gasteiger partial charge is 0.391 e. The third-order valence-electron chi connectivity index (χ3n) is 1.47. The maximum absolute atomic E-state index is 9.47. The Balaban J connectivity index is 4.15. The zero-order valence-corrected chi connectivity index (χ0v) is 9.52. The number of hydrogen-bond donors (Lipinski definition) is 1. The highest BCUT2D eigenvalue weighted by Crippen LogP contribution is 2.26. The molecule has 0 aliphatic heterocycles. The summed E-state index contributed by atoms with van der Waals surface area (Å²) in [4.78, 5) is 0. The van der Waals surface area contributed by atoms with E-state index >= 15 is 0 Å². The molecule has 4 heteroatoms. The minimum Gasteiger partial charge on any atom is -0.391 e. The van der Waals surface area contributed by atoms with Gasteiger partial charge in [-0.05, 0) is 6.42 Å². The fourth-order valence-corrected chi connectivity index (χ4v) is 1.42. The Bertz CT molecular complexity index is 157. The molecular weight excluding hydrogens is 274 g/mol. The number of nitriles is 1. The second-order valence-electron chi connectivity index (χ2n) is 2.41. The van der Waals surface area contributed by atoms with Crippen LogP contribution in [-0.4, -0.2) is 20.9 Å². The van der Waals surface area contributed by atoms with E-state index in [-0.39, 0.29) is 0 Å². The van der Waals surface area contributed by atoms with Gasteiger partial charge in [0.1, 0.15) is 4.32 Å². The quantitative estimate of drug-likeness (QED) is 0.805. The predicted molar refractivity (Wildman–Crippen MR) is 52.0 cm³/mol. The highest BCUT2D eigenvalue weighted by atomic mass is 79.9. The lowest BCUT2D eigenvalue weighted by Crippen LogP contribution is -2.36. The smallest absolute Gasteiger partial charge is 0.147 e. The lowest BCUT2D eigenvalue weighted by molar-refractivity contribution is 0.148. The second kappa shape index (κ2) is 5.13. The molecule has 0 aromatic heterocycles. The molecule has 0 aliphatic carbocycles. The van der Waals surface area contributed by atoms with Crippen LogP contribution in [0.5, 0.6) is 0 Å². The van der Waals surface area contributed by atoms with E-state index in [0.717, 1.165) is 6.42 Å². The maximum Gasteiger partial charge on any atom is 0.147 e. The van der Waals surface area contributed by atoms with E-state index in [1.165, 1.54) is 0 Å². The summed E-state index contributed by atoms with van der Waals surface area (Å²) in [6.07, 6.45) is 0.921. The molecule has 0 saturated carbocycles. The molecule has 0 heterocycles. The average Bonchev–Trinajstić information content (AvgIpc) is 2.03. The van der Waals surface area contributed by atoms with Crippen LogP contribution in [0.3, 0.4) is 0 Å². The lowest BCUT2D eigenvalue weighted by Gasteiger charge is -2.22. The first kappa shape index (κ1) is 11.4. The maximum atomic E-state index is 9.47. The van der Waals surface area contributed by atoms with Gasteiger partial charge in [-0.25, -0.2) is 0 Å². The molecule has 0 amide bonds. The summed E-state index contributed by atoms with van der Waals surface area (Å²) in [5.41, 5.74) is 0. The number of halogens is 2. The molecule has 11 heavy (non-hydrogen) atoms. The second-order valence-corrected chi connectivity index (χ2v) is 4.39. The molecule has 0 aromatic rings. The Morgan fingerprint density at radius 2 is 2.27 bits per heavy atom. The number of hydrogen-bond acceptors (Lipinski definition) is 2. The molecule has 0 saturated heterocycles. The molecule has 0 bridgehead atoms. The molecule has 2 nitrogen and oxygen atoms in total. The zero-order valence-electron chi connectivity index (χ0n) is 6.35. The zero-order chi connectivity index (χ0) is 8.91. The molecular formula is C7H11Br2NO. The minimum atomic E-state index is -0.816. The van der Waals surface area contributed by atoms with Gasteiger partial charge < -0.3 is 5.11 Å². The molecule has 0 aromatic carbocycles. The Kier molecular flexibility index (Phi) is 5.32. The van der Waals surface area contributed by atoms with E-state index in [1.54, 1.807) is 0 Å². The summed E-state index contributed by atoms with van der Waals surface area (Å²) in [5.74, 6) is 0. The first-order valence-electron chi connectivity index (χ1n) is 3.45. The van der Waals surface area contributed by atoms with Crippen LogP contribution in [0.1, 0.15) is 19.8 Å². The van der Waals surface area contributed by atoms with Gasteiger partial charge in [0.25, 0.3) is 0 Å². The van der Waals surface area contributed by atoms with E-state index in [0.29, 0.717) is 11.8 Å².